The predicted molar refractivity (Wildman–Crippen MR) is 63.7 cm³/mol. The van der Waals surface area contributed by atoms with Crippen molar-refractivity contribution in [3.05, 3.63) is 0 Å². The second-order valence-electron chi connectivity index (χ2n) is 3.26. The smallest absolute Gasteiger partial charge is 0.114 e. The molecule has 0 bridgehead atoms. The summed E-state index contributed by atoms with van der Waals surface area (Å²) in [6.07, 6.45) is 5.49. The third kappa shape index (κ3) is 7.60. The Morgan fingerprint density at radius 1 is 1.50 bits per heavy atom. The van der Waals surface area contributed by atoms with E-state index in [4.69, 9.17) is 11.8 Å². The number of hydrogen-bond donors (Lipinski definition) is 2. The Balaban J connectivity index is 3.75. The zero-order valence-corrected chi connectivity index (χ0v) is 10.5. The van der Waals surface area contributed by atoms with E-state index in [9.17, 15) is 4.89 Å². The Morgan fingerprint density at radius 2 is 2.08 bits per heavy atom. The molecule has 0 aliphatic carbocycles. The van der Waals surface area contributed by atoms with Gasteiger partial charge in [0.2, 0.25) is 0 Å². The molecule has 0 spiro atoms. The van der Waals surface area contributed by atoms with Crippen molar-refractivity contribution < 1.29 is 4.89 Å². The highest BCUT2D eigenvalue weighted by Crippen LogP contribution is 2.48. The van der Waals surface area contributed by atoms with Crippen molar-refractivity contribution in [2.75, 3.05) is 6.16 Å². The van der Waals surface area contributed by atoms with E-state index in [2.05, 4.69) is 26.1 Å². The summed E-state index contributed by atoms with van der Waals surface area (Å²) in [5, 5.41) is 0. The van der Waals surface area contributed by atoms with Gasteiger partial charge in [0.15, 0.2) is 0 Å². The topological polar surface area (TPSA) is 20.2 Å². The van der Waals surface area contributed by atoms with Crippen LogP contribution in [0, 0.1) is 5.92 Å². The van der Waals surface area contributed by atoms with Crippen LogP contribution in [-0.2, 0) is 11.8 Å². The molecule has 0 aromatic rings. The molecule has 0 rings (SSSR count). The molecule has 2 atom stereocenters. The molecule has 0 heterocycles. The van der Waals surface area contributed by atoms with Gasteiger partial charge in [-0.3, -0.25) is 0 Å². The average molecular weight is 226 g/mol. The summed E-state index contributed by atoms with van der Waals surface area (Å²) in [5.74, 6) is 0.582. The van der Waals surface area contributed by atoms with Crippen LogP contribution in [0.5, 0.6) is 0 Å². The maximum absolute atomic E-state index is 9.41. The number of thiol groups is 1. The zero-order chi connectivity index (χ0) is 9.61. The molecule has 0 radical (unpaired) electrons. The van der Waals surface area contributed by atoms with E-state index in [1.807, 2.05) is 0 Å². The first-order chi connectivity index (χ1) is 5.49. The van der Waals surface area contributed by atoms with Crippen LogP contribution in [0.4, 0.5) is 0 Å². The molecular formula is C8H19OPS2. The third-order valence-corrected chi connectivity index (χ3v) is 3.97. The van der Waals surface area contributed by atoms with E-state index in [-0.39, 0.29) is 0 Å². The largest absolute Gasteiger partial charge is 0.357 e. The van der Waals surface area contributed by atoms with Crippen LogP contribution in [0.3, 0.4) is 0 Å². The fourth-order valence-electron chi connectivity index (χ4n) is 1.25. The lowest BCUT2D eigenvalue weighted by molar-refractivity contribution is 0.487. The highest BCUT2D eigenvalue weighted by atomic mass is 32.9. The second kappa shape index (κ2) is 6.42. The Hall–Kier alpha value is 0.960. The zero-order valence-electron chi connectivity index (χ0n) is 7.86. The van der Waals surface area contributed by atoms with Crippen molar-refractivity contribution in [1.29, 1.82) is 0 Å². The van der Waals surface area contributed by atoms with Crippen molar-refractivity contribution in [2.45, 2.75) is 39.5 Å². The highest BCUT2D eigenvalue weighted by molar-refractivity contribution is 8.61. The van der Waals surface area contributed by atoms with Crippen molar-refractivity contribution in [1.82, 2.24) is 0 Å². The summed E-state index contributed by atoms with van der Waals surface area (Å²) in [7, 11) is 0. The monoisotopic (exact) mass is 226 g/mol. The molecule has 0 aliphatic rings. The van der Waals surface area contributed by atoms with Crippen LogP contribution in [0.2, 0.25) is 0 Å². The molecule has 0 aromatic carbocycles. The van der Waals surface area contributed by atoms with Crippen molar-refractivity contribution >= 4 is 29.5 Å². The van der Waals surface area contributed by atoms with E-state index < -0.39 is 5.47 Å². The Labute approximate surface area is 86.2 Å². The lowest BCUT2D eigenvalue weighted by Crippen LogP contribution is -2.03. The van der Waals surface area contributed by atoms with Gasteiger partial charge in [-0.25, -0.2) is 0 Å². The van der Waals surface area contributed by atoms with Crippen LogP contribution in [0.25, 0.3) is 0 Å². The maximum atomic E-state index is 9.41. The molecule has 0 fully saturated rings. The van der Waals surface area contributed by atoms with E-state index >= 15 is 0 Å². The van der Waals surface area contributed by atoms with E-state index in [1.54, 1.807) is 0 Å². The van der Waals surface area contributed by atoms with Crippen LogP contribution < -0.4 is 0 Å². The first-order valence-corrected chi connectivity index (χ1v) is 8.63. The Bertz CT molecular complexity index is 155. The molecular weight excluding hydrogens is 207 g/mol. The summed E-state index contributed by atoms with van der Waals surface area (Å²) in [4.78, 5) is 9.41. The molecule has 0 aliphatic heterocycles. The normalized spacial score (nSPS) is 18.7. The number of unbranched alkanes of at least 4 members (excludes halogenated alkanes) is 1. The quantitative estimate of drug-likeness (QED) is 0.534. The SMILES string of the molecule is CCCCC(CC)CP(O)(=S)S. The van der Waals surface area contributed by atoms with Gasteiger partial charge in [0.1, 0.15) is 5.47 Å². The summed E-state index contributed by atoms with van der Waals surface area (Å²) in [6.45, 7) is 4.33. The van der Waals surface area contributed by atoms with Gasteiger partial charge in [0, 0.05) is 6.16 Å². The van der Waals surface area contributed by atoms with Gasteiger partial charge in [0.25, 0.3) is 0 Å². The summed E-state index contributed by atoms with van der Waals surface area (Å²) >= 11 is 8.96. The van der Waals surface area contributed by atoms with E-state index in [0.29, 0.717) is 5.92 Å². The lowest BCUT2D eigenvalue weighted by atomic mass is 10.0. The lowest BCUT2D eigenvalue weighted by Gasteiger charge is -2.17. The van der Waals surface area contributed by atoms with Gasteiger partial charge in [-0.2, -0.15) is 0 Å². The van der Waals surface area contributed by atoms with Gasteiger partial charge < -0.3 is 4.89 Å². The fourth-order valence-corrected chi connectivity index (χ4v) is 3.69. The molecule has 1 nitrogen and oxygen atoms in total. The van der Waals surface area contributed by atoms with Gasteiger partial charge in [-0.1, -0.05) is 44.9 Å². The molecule has 0 saturated carbocycles. The van der Waals surface area contributed by atoms with Gasteiger partial charge in [0.05, 0.1) is 0 Å². The first kappa shape index (κ1) is 13.0. The summed E-state index contributed by atoms with van der Waals surface area (Å²) < 4.78 is 0. The number of hydrogen-bond acceptors (Lipinski definition) is 1. The Kier molecular flexibility index (Phi) is 6.93. The first-order valence-electron chi connectivity index (χ1n) is 4.54. The number of rotatable bonds is 6. The molecule has 0 aromatic heterocycles. The highest BCUT2D eigenvalue weighted by Gasteiger charge is 2.14. The van der Waals surface area contributed by atoms with Crippen LogP contribution >= 0.6 is 17.7 Å². The second-order valence-corrected chi connectivity index (χ2v) is 9.57. The third-order valence-electron chi connectivity index (χ3n) is 2.04. The standard InChI is InChI=1S/C8H19OPS2/c1-3-5-6-8(4-2)7-10(9,11)12/h8H,3-7H2,1-2H3,(H2,9,11,12). The Morgan fingerprint density at radius 3 is 2.42 bits per heavy atom. The van der Waals surface area contributed by atoms with Gasteiger partial charge in [-0.15, -0.1) is 12.2 Å². The van der Waals surface area contributed by atoms with E-state index in [1.165, 1.54) is 19.3 Å². The molecule has 12 heavy (non-hydrogen) atoms. The minimum Gasteiger partial charge on any atom is -0.357 e. The van der Waals surface area contributed by atoms with Gasteiger partial charge >= 0.3 is 0 Å². The van der Waals surface area contributed by atoms with Crippen LogP contribution in [-0.4, -0.2) is 11.1 Å². The molecule has 4 heteroatoms. The molecule has 0 saturated heterocycles. The average Bonchev–Trinajstić information content (AvgIpc) is 1.95. The molecule has 2 unspecified atom stereocenters. The minimum absolute atomic E-state index is 0.582. The molecule has 1 N–H and O–H groups in total. The van der Waals surface area contributed by atoms with Crippen molar-refractivity contribution in [2.24, 2.45) is 5.92 Å². The van der Waals surface area contributed by atoms with Crippen molar-refractivity contribution in [3.8, 4) is 0 Å². The maximum Gasteiger partial charge on any atom is 0.114 e. The molecule has 74 valence electrons. The van der Waals surface area contributed by atoms with Crippen molar-refractivity contribution in [3.63, 3.8) is 0 Å². The van der Waals surface area contributed by atoms with E-state index in [0.717, 1.165) is 12.6 Å². The minimum atomic E-state index is -2.25. The molecule has 0 amide bonds. The summed E-state index contributed by atoms with van der Waals surface area (Å²) in [5.41, 5.74) is -2.25. The van der Waals surface area contributed by atoms with Crippen LogP contribution in [0.1, 0.15) is 39.5 Å². The fraction of sp³-hybridized carbons (Fsp3) is 1.00. The van der Waals surface area contributed by atoms with Gasteiger partial charge in [-0.05, 0) is 12.3 Å². The summed E-state index contributed by atoms with van der Waals surface area (Å²) in [6, 6.07) is 0. The predicted octanol–water partition coefficient (Wildman–Crippen LogP) is 3.43. The van der Waals surface area contributed by atoms with Crippen LogP contribution in [0.15, 0.2) is 0 Å².